The normalized spacial score (nSPS) is 10.9. The van der Waals surface area contributed by atoms with Crippen LogP contribution in [0.15, 0.2) is 64.1 Å². The molecular formula is C21H19ClN2O3. The SMILES string of the molecule is Cc1ccc(OCC(=O)N/N=C\c2ccc(-c3ccc(Cl)cc3)o2)c(C)c1. The second kappa shape index (κ2) is 8.56. The molecule has 0 aliphatic carbocycles. The number of halogens is 1. The van der Waals surface area contributed by atoms with E-state index in [0.717, 1.165) is 16.7 Å². The van der Waals surface area contributed by atoms with Gasteiger partial charge >= 0.3 is 0 Å². The fourth-order valence-corrected chi connectivity index (χ4v) is 2.62. The molecule has 0 saturated carbocycles. The number of benzene rings is 2. The molecule has 6 heteroatoms. The van der Waals surface area contributed by atoms with E-state index < -0.39 is 0 Å². The van der Waals surface area contributed by atoms with Gasteiger partial charge in [-0.1, -0.05) is 29.3 Å². The molecular weight excluding hydrogens is 364 g/mol. The topological polar surface area (TPSA) is 63.8 Å². The first-order valence-corrected chi connectivity index (χ1v) is 8.77. The summed E-state index contributed by atoms with van der Waals surface area (Å²) in [4.78, 5) is 11.9. The lowest BCUT2D eigenvalue weighted by Gasteiger charge is -2.08. The molecule has 3 rings (SSSR count). The first-order chi connectivity index (χ1) is 13.0. The molecule has 0 saturated heterocycles. The monoisotopic (exact) mass is 382 g/mol. The van der Waals surface area contributed by atoms with Crippen molar-refractivity contribution in [2.24, 2.45) is 5.10 Å². The van der Waals surface area contributed by atoms with Gasteiger partial charge in [0.25, 0.3) is 5.91 Å². The first kappa shape index (κ1) is 18.7. The summed E-state index contributed by atoms with van der Waals surface area (Å²) in [5, 5.41) is 4.56. The van der Waals surface area contributed by atoms with Crippen LogP contribution in [-0.2, 0) is 4.79 Å². The van der Waals surface area contributed by atoms with E-state index in [0.29, 0.717) is 22.3 Å². The molecule has 2 aromatic carbocycles. The van der Waals surface area contributed by atoms with E-state index in [9.17, 15) is 4.79 Å². The molecule has 0 aliphatic heterocycles. The second-order valence-corrected chi connectivity index (χ2v) is 6.50. The number of ether oxygens (including phenoxy) is 1. The highest BCUT2D eigenvalue weighted by Crippen LogP contribution is 2.23. The Labute approximate surface area is 162 Å². The van der Waals surface area contributed by atoms with Crippen LogP contribution in [0.5, 0.6) is 5.75 Å². The lowest BCUT2D eigenvalue weighted by atomic mass is 10.1. The van der Waals surface area contributed by atoms with Gasteiger partial charge in [0.2, 0.25) is 0 Å². The number of hydrogen-bond donors (Lipinski definition) is 1. The molecule has 5 nitrogen and oxygen atoms in total. The van der Waals surface area contributed by atoms with Gasteiger partial charge in [0.05, 0.1) is 6.21 Å². The number of aryl methyl sites for hydroxylation is 2. The minimum Gasteiger partial charge on any atom is -0.483 e. The highest BCUT2D eigenvalue weighted by atomic mass is 35.5. The fourth-order valence-electron chi connectivity index (χ4n) is 2.50. The Hall–Kier alpha value is -3.05. The molecule has 0 unspecified atom stereocenters. The number of nitrogens with zero attached hydrogens (tertiary/aromatic N) is 1. The van der Waals surface area contributed by atoms with Crippen molar-refractivity contribution in [2.75, 3.05) is 6.61 Å². The summed E-state index contributed by atoms with van der Waals surface area (Å²) in [5.74, 6) is 1.54. The van der Waals surface area contributed by atoms with E-state index in [1.165, 1.54) is 6.21 Å². The number of hydrogen-bond acceptors (Lipinski definition) is 4. The molecule has 27 heavy (non-hydrogen) atoms. The van der Waals surface area contributed by atoms with Crippen LogP contribution in [-0.4, -0.2) is 18.7 Å². The quantitative estimate of drug-likeness (QED) is 0.494. The maximum absolute atomic E-state index is 11.9. The molecule has 3 aromatic rings. The maximum atomic E-state index is 11.9. The molecule has 138 valence electrons. The van der Waals surface area contributed by atoms with E-state index in [4.69, 9.17) is 20.8 Å². The standard InChI is InChI=1S/C21H19ClN2O3/c1-14-3-9-19(15(2)11-14)26-13-21(25)24-23-12-18-8-10-20(27-18)16-4-6-17(22)7-5-16/h3-12H,13H2,1-2H3,(H,24,25)/b23-12-. The summed E-state index contributed by atoms with van der Waals surface area (Å²) in [7, 11) is 0. The maximum Gasteiger partial charge on any atom is 0.277 e. The van der Waals surface area contributed by atoms with Gasteiger partial charge in [0.15, 0.2) is 6.61 Å². The zero-order chi connectivity index (χ0) is 19.2. The van der Waals surface area contributed by atoms with Crippen molar-refractivity contribution in [2.45, 2.75) is 13.8 Å². The van der Waals surface area contributed by atoms with Crippen LogP contribution in [0.3, 0.4) is 0 Å². The van der Waals surface area contributed by atoms with Crippen LogP contribution in [0, 0.1) is 13.8 Å². The van der Waals surface area contributed by atoms with Crippen LogP contribution < -0.4 is 10.2 Å². The van der Waals surface area contributed by atoms with Gasteiger partial charge in [0.1, 0.15) is 17.3 Å². The smallest absolute Gasteiger partial charge is 0.277 e. The van der Waals surface area contributed by atoms with Gasteiger partial charge in [-0.3, -0.25) is 4.79 Å². The van der Waals surface area contributed by atoms with Crippen LogP contribution in [0.1, 0.15) is 16.9 Å². The Morgan fingerprint density at radius 3 is 2.67 bits per heavy atom. The van der Waals surface area contributed by atoms with Gasteiger partial charge in [-0.25, -0.2) is 5.43 Å². The number of furan rings is 1. The third-order valence-electron chi connectivity index (χ3n) is 3.83. The average molecular weight is 383 g/mol. The van der Waals surface area contributed by atoms with Gasteiger partial charge in [-0.15, -0.1) is 0 Å². The van der Waals surface area contributed by atoms with Gasteiger partial charge in [0, 0.05) is 10.6 Å². The third-order valence-corrected chi connectivity index (χ3v) is 4.08. The average Bonchev–Trinajstić information content (AvgIpc) is 3.10. The molecule has 0 radical (unpaired) electrons. The molecule has 1 amide bonds. The summed E-state index contributed by atoms with van der Waals surface area (Å²) in [6, 6.07) is 16.7. The van der Waals surface area contributed by atoms with E-state index in [1.807, 2.05) is 50.2 Å². The predicted molar refractivity (Wildman–Crippen MR) is 106 cm³/mol. The Morgan fingerprint density at radius 2 is 1.93 bits per heavy atom. The minimum atomic E-state index is -0.351. The van der Waals surface area contributed by atoms with Crippen LogP contribution in [0.25, 0.3) is 11.3 Å². The summed E-state index contributed by atoms with van der Waals surface area (Å²) in [6.07, 6.45) is 1.44. The Kier molecular flexibility index (Phi) is 5.94. The number of hydrazone groups is 1. The highest BCUT2D eigenvalue weighted by Gasteiger charge is 2.05. The Bertz CT molecular complexity index is 962. The molecule has 0 aliphatic rings. The van der Waals surface area contributed by atoms with E-state index in [1.54, 1.807) is 18.2 Å². The summed E-state index contributed by atoms with van der Waals surface area (Å²) >= 11 is 5.88. The number of nitrogens with one attached hydrogen (secondary N) is 1. The van der Waals surface area contributed by atoms with Crippen LogP contribution >= 0.6 is 11.6 Å². The molecule has 0 fully saturated rings. The fraction of sp³-hybridized carbons (Fsp3) is 0.143. The molecule has 1 heterocycles. The van der Waals surface area contributed by atoms with Crippen molar-refractivity contribution < 1.29 is 13.9 Å². The molecule has 1 aromatic heterocycles. The lowest BCUT2D eigenvalue weighted by Crippen LogP contribution is -2.24. The van der Waals surface area contributed by atoms with Crippen molar-refractivity contribution in [1.29, 1.82) is 0 Å². The first-order valence-electron chi connectivity index (χ1n) is 8.39. The van der Waals surface area contributed by atoms with Crippen molar-refractivity contribution in [3.8, 4) is 17.1 Å². The number of amides is 1. The van der Waals surface area contributed by atoms with Crippen LogP contribution in [0.2, 0.25) is 5.02 Å². The largest absolute Gasteiger partial charge is 0.483 e. The highest BCUT2D eigenvalue weighted by molar-refractivity contribution is 6.30. The minimum absolute atomic E-state index is 0.116. The second-order valence-electron chi connectivity index (χ2n) is 6.06. The molecule has 0 spiro atoms. The van der Waals surface area contributed by atoms with Gasteiger partial charge in [-0.2, -0.15) is 5.10 Å². The summed E-state index contributed by atoms with van der Waals surface area (Å²) in [5.41, 5.74) is 5.45. The van der Waals surface area contributed by atoms with Crippen LogP contribution in [0.4, 0.5) is 0 Å². The molecule has 1 N–H and O–H groups in total. The zero-order valence-corrected chi connectivity index (χ0v) is 15.8. The van der Waals surface area contributed by atoms with E-state index >= 15 is 0 Å². The van der Waals surface area contributed by atoms with Gasteiger partial charge in [-0.05, 0) is 61.9 Å². The lowest BCUT2D eigenvalue weighted by molar-refractivity contribution is -0.123. The number of carbonyl (C=O) groups excluding carboxylic acids is 1. The number of carbonyl (C=O) groups is 1. The molecule has 0 atom stereocenters. The molecule has 0 bridgehead atoms. The van der Waals surface area contributed by atoms with Crippen molar-refractivity contribution >= 4 is 23.7 Å². The van der Waals surface area contributed by atoms with Crippen molar-refractivity contribution in [3.05, 3.63) is 76.5 Å². The predicted octanol–water partition coefficient (Wildman–Crippen LogP) is 4.75. The Morgan fingerprint density at radius 1 is 1.15 bits per heavy atom. The number of rotatable bonds is 6. The third kappa shape index (κ3) is 5.21. The van der Waals surface area contributed by atoms with E-state index in [2.05, 4.69) is 10.5 Å². The summed E-state index contributed by atoms with van der Waals surface area (Å²) in [6.45, 7) is 3.83. The van der Waals surface area contributed by atoms with Gasteiger partial charge < -0.3 is 9.15 Å². The van der Waals surface area contributed by atoms with E-state index in [-0.39, 0.29) is 12.5 Å². The zero-order valence-electron chi connectivity index (χ0n) is 15.0. The van der Waals surface area contributed by atoms with Crippen molar-refractivity contribution in [1.82, 2.24) is 5.43 Å². The Balaban J connectivity index is 1.51. The van der Waals surface area contributed by atoms with Crippen molar-refractivity contribution in [3.63, 3.8) is 0 Å². The summed E-state index contributed by atoms with van der Waals surface area (Å²) < 4.78 is 11.2.